The lowest BCUT2D eigenvalue weighted by atomic mass is 10.1. The topological polar surface area (TPSA) is 56.8 Å². The van der Waals surface area contributed by atoms with Gasteiger partial charge >= 0.3 is 0 Å². The fraction of sp³-hybridized carbons (Fsp3) is 0.235. The average molecular weight is 319 g/mol. The van der Waals surface area contributed by atoms with E-state index in [1.807, 2.05) is 0 Å². The van der Waals surface area contributed by atoms with Gasteiger partial charge in [-0.05, 0) is 30.3 Å². The van der Waals surface area contributed by atoms with Gasteiger partial charge in [0.15, 0.2) is 11.5 Å². The molecule has 0 aliphatic rings. The van der Waals surface area contributed by atoms with E-state index >= 15 is 0 Å². The molecule has 0 spiro atoms. The molecule has 0 aliphatic carbocycles. The average Bonchev–Trinajstić information content (AvgIpc) is 2.59. The van der Waals surface area contributed by atoms with Crippen LogP contribution in [0.4, 0.5) is 4.39 Å². The molecule has 0 heterocycles. The van der Waals surface area contributed by atoms with Crippen molar-refractivity contribution in [1.82, 2.24) is 5.32 Å². The van der Waals surface area contributed by atoms with E-state index in [-0.39, 0.29) is 18.3 Å². The van der Waals surface area contributed by atoms with Crippen LogP contribution >= 0.6 is 0 Å². The first-order valence-corrected chi connectivity index (χ1v) is 6.91. The molecule has 122 valence electrons. The summed E-state index contributed by atoms with van der Waals surface area (Å²) in [6.07, 6.45) is 0. The molecule has 0 saturated heterocycles. The number of amides is 1. The number of rotatable bonds is 6. The van der Waals surface area contributed by atoms with Gasteiger partial charge in [0.1, 0.15) is 11.6 Å². The van der Waals surface area contributed by atoms with Crippen LogP contribution in [0.1, 0.15) is 15.9 Å². The van der Waals surface area contributed by atoms with Crippen molar-refractivity contribution in [3.8, 4) is 17.2 Å². The van der Waals surface area contributed by atoms with Crippen LogP contribution in [0.25, 0.3) is 0 Å². The molecule has 0 saturated carbocycles. The SMILES string of the molecule is COc1cc(OC)c(OC)cc1CNC(=O)c1ccc(F)cc1. The Labute approximate surface area is 134 Å². The maximum atomic E-state index is 12.9. The Hall–Kier alpha value is -2.76. The summed E-state index contributed by atoms with van der Waals surface area (Å²) in [4.78, 5) is 12.1. The van der Waals surface area contributed by atoms with Gasteiger partial charge in [-0.2, -0.15) is 0 Å². The fourth-order valence-electron chi connectivity index (χ4n) is 2.11. The van der Waals surface area contributed by atoms with E-state index in [0.29, 0.717) is 22.8 Å². The summed E-state index contributed by atoms with van der Waals surface area (Å²) in [5.74, 6) is 0.962. The Balaban J connectivity index is 2.16. The number of carbonyl (C=O) groups excluding carboxylic acids is 1. The molecular formula is C17H18FNO4. The third-order valence-corrected chi connectivity index (χ3v) is 3.33. The predicted octanol–water partition coefficient (Wildman–Crippen LogP) is 2.78. The van der Waals surface area contributed by atoms with Crippen LogP contribution < -0.4 is 19.5 Å². The lowest BCUT2D eigenvalue weighted by molar-refractivity contribution is 0.0950. The monoisotopic (exact) mass is 319 g/mol. The number of benzene rings is 2. The molecular weight excluding hydrogens is 301 g/mol. The number of hydrogen-bond donors (Lipinski definition) is 1. The third-order valence-electron chi connectivity index (χ3n) is 3.33. The molecule has 1 amide bonds. The molecule has 2 aromatic carbocycles. The summed E-state index contributed by atoms with van der Waals surface area (Å²) in [5, 5.41) is 2.76. The molecule has 0 fully saturated rings. The summed E-state index contributed by atoms with van der Waals surface area (Å²) in [6.45, 7) is 0.236. The molecule has 0 unspecified atom stereocenters. The van der Waals surface area contributed by atoms with Crippen molar-refractivity contribution >= 4 is 5.91 Å². The van der Waals surface area contributed by atoms with Gasteiger partial charge in [-0.3, -0.25) is 4.79 Å². The molecule has 6 heteroatoms. The van der Waals surface area contributed by atoms with Crippen LogP contribution in [0.5, 0.6) is 17.2 Å². The highest BCUT2D eigenvalue weighted by Gasteiger charge is 2.13. The van der Waals surface area contributed by atoms with Gasteiger partial charge in [-0.1, -0.05) is 0 Å². The van der Waals surface area contributed by atoms with Crippen molar-refractivity contribution in [1.29, 1.82) is 0 Å². The predicted molar refractivity (Wildman–Crippen MR) is 83.7 cm³/mol. The Bertz CT molecular complexity index is 686. The van der Waals surface area contributed by atoms with Gasteiger partial charge in [0.05, 0.1) is 21.3 Å². The molecule has 5 nitrogen and oxygen atoms in total. The molecule has 2 rings (SSSR count). The first-order valence-electron chi connectivity index (χ1n) is 6.91. The minimum Gasteiger partial charge on any atom is -0.496 e. The second-order valence-electron chi connectivity index (χ2n) is 4.71. The van der Waals surface area contributed by atoms with Gasteiger partial charge < -0.3 is 19.5 Å². The minimum absolute atomic E-state index is 0.236. The molecule has 2 aromatic rings. The van der Waals surface area contributed by atoms with E-state index < -0.39 is 0 Å². The second-order valence-corrected chi connectivity index (χ2v) is 4.71. The van der Waals surface area contributed by atoms with Crippen LogP contribution in [-0.2, 0) is 6.54 Å². The van der Waals surface area contributed by atoms with Crippen LogP contribution in [0, 0.1) is 5.82 Å². The van der Waals surface area contributed by atoms with Gasteiger partial charge in [0.2, 0.25) is 0 Å². The van der Waals surface area contributed by atoms with Crippen LogP contribution in [-0.4, -0.2) is 27.2 Å². The summed E-state index contributed by atoms with van der Waals surface area (Å²) < 4.78 is 28.6. The summed E-state index contributed by atoms with van der Waals surface area (Å²) in [6, 6.07) is 8.77. The minimum atomic E-state index is -0.386. The van der Waals surface area contributed by atoms with Crippen molar-refractivity contribution in [3.63, 3.8) is 0 Å². The normalized spacial score (nSPS) is 10.1. The maximum absolute atomic E-state index is 12.9. The van der Waals surface area contributed by atoms with E-state index in [1.54, 1.807) is 12.1 Å². The van der Waals surface area contributed by atoms with E-state index in [4.69, 9.17) is 14.2 Å². The Morgan fingerprint density at radius 3 is 2.09 bits per heavy atom. The lowest BCUT2D eigenvalue weighted by Crippen LogP contribution is -2.23. The van der Waals surface area contributed by atoms with Crippen LogP contribution in [0.15, 0.2) is 36.4 Å². The van der Waals surface area contributed by atoms with Crippen LogP contribution in [0.2, 0.25) is 0 Å². The Morgan fingerprint density at radius 2 is 1.52 bits per heavy atom. The van der Waals surface area contributed by atoms with Crippen molar-refractivity contribution in [2.75, 3.05) is 21.3 Å². The van der Waals surface area contributed by atoms with Gasteiger partial charge in [0.25, 0.3) is 5.91 Å². The molecule has 0 radical (unpaired) electrons. The molecule has 0 bridgehead atoms. The van der Waals surface area contributed by atoms with Crippen LogP contribution in [0.3, 0.4) is 0 Å². The number of hydrogen-bond acceptors (Lipinski definition) is 4. The zero-order valence-corrected chi connectivity index (χ0v) is 13.2. The molecule has 0 aliphatic heterocycles. The number of ether oxygens (including phenoxy) is 3. The number of nitrogens with one attached hydrogen (secondary N) is 1. The van der Waals surface area contributed by atoms with Crippen molar-refractivity contribution < 1.29 is 23.4 Å². The maximum Gasteiger partial charge on any atom is 0.251 e. The quantitative estimate of drug-likeness (QED) is 0.889. The highest BCUT2D eigenvalue weighted by Crippen LogP contribution is 2.34. The Kier molecular flexibility index (Phi) is 5.41. The third kappa shape index (κ3) is 3.91. The highest BCUT2D eigenvalue weighted by molar-refractivity contribution is 5.94. The molecule has 23 heavy (non-hydrogen) atoms. The zero-order chi connectivity index (χ0) is 16.8. The van der Waals surface area contributed by atoms with E-state index in [1.165, 1.54) is 45.6 Å². The van der Waals surface area contributed by atoms with E-state index in [9.17, 15) is 9.18 Å². The Morgan fingerprint density at radius 1 is 0.957 bits per heavy atom. The molecule has 0 aromatic heterocycles. The summed E-state index contributed by atoms with van der Waals surface area (Å²) >= 11 is 0. The largest absolute Gasteiger partial charge is 0.496 e. The van der Waals surface area contributed by atoms with Gasteiger partial charge in [0, 0.05) is 23.7 Å². The molecule has 1 N–H and O–H groups in total. The van der Waals surface area contributed by atoms with Gasteiger partial charge in [-0.25, -0.2) is 4.39 Å². The van der Waals surface area contributed by atoms with E-state index in [2.05, 4.69) is 5.32 Å². The van der Waals surface area contributed by atoms with Crippen molar-refractivity contribution in [2.24, 2.45) is 0 Å². The van der Waals surface area contributed by atoms with Crippen molar-refractivity contribution in [2.45, 2.75) is 6.54 Å². The standard InChI is InChI=1S/C17H18FNO4/c1-21-14-9-16(23-3)15(22-2)8-12(14)10-19-17(20)11-4-6-13(18)7-5-11/h4-9H,10H2,1-3H3,(H,19,20). The van der Waals surface area contributed by atoms with E-state index in [0.717, 1.165) is 5.56 Å². The molecule has 0 atom stereocenters. The first-order chi connectivity index (χ1) is 11.1. The number of halogens is 1. The summed E-state index contributed by atoms with van der Waals surface area (Å²) in [5.41, 5.74) is 1.12. The smallest absolute Gasteiger partial charge is 0.251 e. The summed E-state index contributed by atoms with van der Waals surface area (Å²) in [7, 11) is 4.60. The second kappa shape index (κ2) is 7.49. The lowest BCUT2D eigenvalue weighted by Gasteiger charge is -2.14. The van der Waals surface area contributed by atoms with Gasteiger partial charge in [-0.15, -0.1) is 0 Å². The number of carbonyl (C=O) groups is 1. The number of methoxy groups -OCH3 is 3. The fourth-order valence-corrected chi connectivity index (χ4v) is 2.11. The first kappa shape index (κ1) is 16.6. The zero-order valence-electron chi connectivity index (χ0n) is 13.2. The van der Waals surface area contributed by atoms with Crippen molar-refractivity contribution in [3.05, 3.63) is 53.3 Å². The highest BCUT2D eigenvalue weighted by atomic mass is 19.1.